The third-order valence-corrected chi connectivity index (χ3v) is 8.30. The van der Waals surface area contributed by atoms with Crippen LogP contribution < -0.4 is 38.1 Å². The van der Waals surface area contributed by atoms with Crippen molar-refractivity contribution >= 4 is 47.4 Å². The molecule has 11 N–H and O–H groups in total. The molecule has 17 nitrogen and oxygen atoms in total. The van der Waals surface area contributed by atoms with Crippen molar-refractivity contribution in [2.45, 2.75) is 88.5 Å². The first-order chi connectivity index (χ1) is 24.4. The molecule has 1 heterocycles. The van der Waals surface area contributed by atoms with Gasteiger partial charge in [-0.15, -0.1) is 0 Å². The maximum atomic E-state index is 13.6. The molecule has 5 amide bonds. The second-order valence-electron chi connectivity index (χ2n) is 12.5. The van der Waals surface area contributed by atoms with Crippen LogP contribution in [-0.2, 0) is 40.0 Å². The number of aliphatic carboxylic acids is 2. The van der Waals surface area contributed by atoms with Gasteiger partial charge in [0.2, 0.25) is 29.5 Å². The number of aliphatic imine (C=N–C) groups is 1. The van der Waals surface area contributed by atoms with E-state index in [1.807, 2.05) is 6.07 Å². The fraction of sp³-hybridized carbons (Fsp3) is 0.562. The van der Waals surface area contributed by atoms with E-state index in [4.69, 9.17) is 21.4 Å². The highest BCUT2D eigenvalue weighted by Gasteiger charge is 2.39. The third kappa shape index (κ3) is 15.6. The van der Waals surface area contributed by atoms with Crippen LogP contribution in [0.1, 0.15) is 63.4 Å². The van der Waals surface area contributed by atoms with Crippen molar-refractivity contribution in [1.29, 1.82) is 0 Å². The number of nitrogens with one attached hydrogen (secondary N) is 5. The summed E-state index contributed by atoms with van der Waals surface area (Å²) in [5, 5.41) is 29.7. The Labute approximate surface area is 296 Å². The predicted molar refractivity (Wildman–Crippen MR) is 178 cm³/mol. The van der Waals surface area contributed by atoms with Crippen LogP contribution in [0, 0.1) is 5.41 Å². The topological polar surface area (TPSA) is 284 Å². The summed E-state index contributed by atoms with van der Waals surface area (Å²) >= 11 is 0. The lowest BCUT2D eigenvalue weighted by Gasteiger charge is -2.37. The minimum Gasteiger partial charge on any atom is -0.481 e. The molecule has 3 atom stereocenters. The Kier molecular flexibility index (Phi) is 16.8. The van der Waals surface area contributed by atoms with E-state index in [1.54, 1.807) is 24.3 Å². The number of carbonyl (C=O) groups excluding carboxylic acids is 5. The molecule has 0 unspecified atom stereocenters. The summed E-state index contributed by atoms with van der Waals surface area (Å²) < 4.78 is 31.7. The molecule has 20 heteroatoms. The van der Waals surface area contributed by atoms with E-state index in [0.717, 1.165) is 24.8 Å². The van der Waals surface area contributed by atoms with Crippen molar-refractivity contribution in [2.24, 2.45) is 21.9 Å². The Balaban J connectivity index is 0.00000121. The number of hydrogen-bond acceptors (Lipinski definition) is 8. The van der Waals surface area contributed by atoms with Gasteiger partial charge in [-0.25, -0.2) is 4.79 Å². The molecule has 1 aliphatic carbocycles. The standard InChI is InChI=1S/C30H44N8O7.C2HF3O2/c31-29(32)33-13-7-10-20-26(43)34-17-24(40)37-22(15-25(41)42)28(45)38-21(14-19-8-3-1-4-9-19)27(44)35-18-30(16-23(39)36-20)11-5-2-6-12-30;3-2(4,5)1(6)7/h1,3-4,8-9,20-22H,2,5-7,10-18H2,(H,34,43)(H,35,44)(H,36,39)(H,37,40)(H,38,45)(H,41,42)(H4,31,32,33);(H,6,7)/t20-,21+,22-;/m0./s1. The van der Waals surface area contributed by atoms with Crippen molar-refractivity contribution in [3.63, 3.8) is 0 Å². The quantitative estimate of drug-likeness (QED) is 0.0924. The van der Waals surface area contributed by atoms with Crippen LogP contribution in [0.25, 0.3) is 0 Å². The molecule has 1 saturated carbocycles. The Morgan fingerprint density at radius 2 is 1.42 bits per heavy atom. The molecular formula is C32H45F3N8O9. The van der Waals surface area contributed by atoms with Crippen LogP contribution >= 0.6 is 0 Å². The van der Waals surface area contributed by atoms with E-state index >= 15 is 0 Å². The molecule has 1 saturated heterocycles. The number of amides is 5. The molecule has 1 aromatic carbocycles. The number of rotatable bonds is 8. The third-order valence-electron chi connectivity index (χ3n) is 8.30. The van der Waals surface area contributed by atoms with Crippen LogP contribution in [0.15, 0.2) is 35.3 Å². The number of nitrogens with two attached hydrogens (primary N) is 2. The van der Waals surface area contributed by atoms with Gasteiger partial charge >= 0.3 is 18.1 Å². The number of benzene rings is 1. The molecule has 1 aliphatic heterocycles. The van der Waals surface area contributed by atoms with Gasteiger partial charge in [0.15, 0.2) is 5.96 Å². The van der Waals surface area contributed by atoms with Gasteiger partial charge in [-0.1, -0.05) is 49.6 Å². The highest BCUT2D eigenvalue weighted by Crippen LogP contribution is 2.39. The molecule has 3 rings (SSSR count). The molecule has 288 valence electrons. The van der Waals surface area contributed by atoms with Gasteiger partial charge < -0.3 is 48.3 Å². The zero-order chi connectivity index (χ0) is 38.9. The normalized spacial score (nSPS) is 21.8. The molecule has 0 aromatic heterocycles. The number of alkyl halides is 3. The van der Waals surface area contributed by atoms with E-state index in [9.17, 15) is 47.0 Å². The van der Waals surface area contributed by atoms with E-state index in [2.05, 4.69) is 31.6 Å². The van der Waals surface area contributed by atoms with Gasteiger partial charge in [0.25, 0.3) is 0 Å². The van der Waals surface area contributed by atoms with E-state index in [1.165, 1.54) is 0 Å². The Hall–Kier alpha value is -5.43. The smallest absolute Gasteiger partial charge is 0.481 e. The average Bonchev–Trinajstić information content (AvgIpc) is 3.07. The van der Waals surface area contributed by atoms with Gasteiger partial charge in [-0.2, -0.15) is 13.2 Å². The molecule has 1 spiro atoms. The van der Waals surface area contributed by atoms with Gasteiger partial charge in [0.05, 0.1) is 13.0 Å². The summed E-state index contributed by atoms with van der Waals surface area (Å²) in [5.74, 6) is -7.43. The van der Waals surface area contributed by atoms with Crippen LogP contribution in [0.5, 0.6) is 0 Å². The van der Waals surface area contributed by atoms with E-state index in [-0.39, 0.29) is 44.2 Å². The number of carboxylic acids is 2. The number of carbonyl (C=O) groups is 7. The molecule has 0 radical (unpaired) electrons. The second-order valence-corrected chi connectivity index (χ2v) is 12.5. The summed E-state index contributed by atoms with van der Waals surface area (Å²) in [5.41, 5.74) is 10.9. The van der Waals surface area contributed by atoms with Crippen LogP contribution in [0.2, 0.25) is 0 Å². The number of nitrogens with zero attached hydrogens (tertiary/aromatic N) is 1. The number of carboxylic acid groups (broad SMARTS) is 2. The first kappa shape index (κ1) is 42.7. The van der Waals surface area contributed by atoms with Crippen molar-refractivity contribution in [3.05, 3.63) is 35.9 Å². The summed E-state index contributed by atoms with van der Waals surface area (Å²) in [6, 6.07) is 5.36. The zero-order valence-electron chi connectivity index (χ0n) is 28.3. The maximum absolute atomic E-state index is 13.6. The van der Waals surface area contributed by atoms with E-state index in [0.29, 0.717) is 19.3 Å². The van der Waals surface area contributed by atoms with Gasteiger partial charge in [0.1, 0.15) is 18.1 Å². The minimum absolute atomic E-state index is 0.0574. The lowest BCUT2D eigenvalue weighted by molar-refractivity contribution is -0.192. The summed E-state index contributed by atoms with van der Waals surface area (Å²) in [4.78, 5) is 90.5. The number of guanidine groups is 1. The predicted octanol–water partition coefficient (Wildman–Crippen LogP) is -0.568. The Bertz CT molecular complexity index is 1450. The lowest BCUT2D eigenvalue weighted by atomic mass is 9.71. The monoisotopic (exact) mass is 742 g/mol. The number of hydrogen-bond donors (Lipinski definition) is 9. The van der Waals surface area contributed by atoms with Crippen molar-refractivity contribution in [1.82, 2.24) is 26.6 Å². The van der Waals surface area contributed by atoms with E-state index < -0.39 is 78.2 Å². The average molecular weight is 743 g/mol. The van der Waals surface area contributed by atoms with Crippen molar-refractivity contribution in [3.8, 4) is 0 Å². The lowest BCUT2D eigenvalue weighted by Crippen LogP contribution is -2.56. The van der Waals surface area contributed by atoms with Crippen molar-refractivity contribution < 1.29 is 56.9 Å². The summed E-state index contributed by atoms with van der Waals surface area (Å²) in [7, 11) is 0. The van der Waals surface area contributed by atoms with Gasteiger partial charge in [0, 0.05) is 25.9 Å². The molecular weight excluding hydrogens is 697 g/mol. The fourth-order valence-electron chi connectivity index (χ4n) is 5.73. The Morgan fingerprint density at radius 3 is 2.00 bits per heavy atom. The van der Waals surface area contributed by atoms with Crippen LogP contribution in [-0.4, -0.2) is 102 Å². The van der Waals surface area contributed by atoms with Crippen LogP contribution in [0.4, 0.5) is 13.2 Å². The number of halogens is 3. The first-order valence-electron chi connectivity index (χ1n) is 16.5. The second kappa shape index (κ2) is 20.4. The van der Waals surface area contributed by atoms with Gasteiger partial charge in [-0.05, 0) is 36.7 Å². The fourth-order valence-corrected chi connectivity index (χ4v) is 5.73. The Morgan fingerprint density at radius 1 is 0.827 bits per heavy atom. The largest absolute Gasteiger partial charge is 0.490 e. The van der Waals surface area contributed by atoms with Crippen LogP contribution in [0.3, 0.4) is 0 Å². The summed E-state index contributed by atoms with van der Waals surface area (Å²) in [6.45, 7) is -0.202. The molecule has 2 aliphatic rings. The molecule has 0 bridgehead atoms. The molecule has 52 heavy (non-hydrogen) atoms. The van der Waals surface area contributed by atoms with Gasteiger partial charge in [-0.3, -0.25) is 33.8 Å². The zero-order valence-corrected chi connectivity index (χ0v) is 28.3. The first-order valence-corrected chi connectivity index (χ1v) is 16.5. The SMILES string of the molecule is NC(N)=NCCC[C@@H]1NC(=O)CC2(CCCCC2)CNC(=O)[C@@H](Cc2ccccc2)NC(=O)[C@H](CC(=O)O)NC(=O)CNC1=O.O=C(O)C(F)(F)F. The highest BCUT2D eigenvalue weighted by molar-refractivity contribution is 5.96. The summed E-state index contributed by atoms with van der Waals surface area (Å²) in [6.07, 6.45) is -1.07. The van der Waals surface area contributed by atoms with Crippen molar-refractivity contribution in [2.75, 3.05) is 19.6 Å². The molecule has 1 aromatic rings. The molecule has 2 fully saturated rings. The minimum atomic E-state index is -5.08. The maximum Gasteiger partial charge on any atom is 0.490 e. The highest BCUT2D eigenvalue weighted by atomic mass is 19.4.